The summed E-state index contributed by atoms with van der Waals surface area (Å²) in [7, 11) is 0. The van der Waals surface area contributed by atoms with Crippen LogP contribution in [0, 0.1) is 5.92 Å². The first kappa shape index (κ1) is 12.4. The Morgan fingerprint density at radius 1 is 1.00 bits per heavy atom. The molecule has 0 saturated heterocycles. The topological polar surface area (TPSA) is 32.3 Å². The van der Waals surface area contributed by atoms with E-state index in [1.54, 1.807) is 0 Å². The number of rotatable bonds is 3. The maximum absolute atomic E-state index is 9.94. The lowest BCUT2D eigenvalue weighted by Crippen LogP contribution is -2.48. The van der Waals surface area contributed by atoms with Crippen LogP contribution in [0.25, 0.3) is 0 Å². The van der Waals surface area contributed by atoms with Gasteiger partial charge in [-0.1, -0.05) is 26.2 Å². The normalized spacial score (nSPS) is 40.9. The molecule has 2 aliphatic rings. The van der Waals surface area contributed by atoms with E-state index in [9.17, 15) is 5.11 Å². The number of aliphatic hydroxyl groups excluding tert-OH is 1. The van der Waals surface area contributed by atoms with Gasteiger partial charge in [0.15, 0.2) is 0 Å². The SMILES string of the molecule is CCC1CCC(N[C@H]2CCCC[C@@H]2O)CC1. The summed E-state index contributed by atoms with van der Waals surface area (Å²) in [6, 6.07) is 1.07. The summed E-state index contributed by atoms with van der Waals surface area (Å²) in [5.74, 6) is 0.967. The molecule has 0 amide bonds. The van der Waals surface area contributed by atoms with E-state index in [1.165, 1.54) is 51.4 Å². The fourth-order valence-corrected chi connectivity index (χ4v) is 3.35. The highest BCUT2D eigenvalue weighted by Crippen LogP contribution is 2.28. The van der Waals surface area contributed by atoms with Gasteiger partial charge in [0.1, 0.15) is 0 Å². The zero-order valence-electron chi connectivity index (χ0n) is 10.6. The first-order valence-corrected chi connectivity index (χ1v) is 7.23. The van der Waals surface area contributed by atoms with Crippen molar-refractivity contribution in [1.82, 2.24) is 5.32 Å². The smallest absolute Gasteiger partial charge is 0.0693 e. The third kappa shape index (κ3) is 3.21. The van der Waals surface area contributed by atoms with Crippen molar-refractivity contribution < 1.29 is 5.11 Å². The van der Waals surface area contributed by atoms with Crippen molar-refractivity contribution >= 4 is 0 Å². The molecule has 0 aliphatic heterocycles. The van der Waals surface area contributed by atoms with Crippen molar-refractivity contribution in [2.24, 2.45) is 5.92 Å². The van der Waals surface area contributed by atoms with Gasteiger partial charge in [-0.05, 0) is 44.4 Å². The lowest BCUT2D eigenvalue weighted by molar-refractivity contribution is 0.0796. The molecule has 0 aromatic rings. The van der Waals surface area contributed by atoms with E-state index in [-0.39, 0.29) is 6.10 Å². The minimum Gasteiger partial charge on any atom is -0.392 e. The fourth-order valence-electron chi connectivity index (χ4n) is 3.35. The molecule has 0 aromatic heterocycles. The predicted octanol–water partition coefficient (Wildman–Crippen LogP) is 2.85. The molecule has 2 heteroatoms. The summed E-state index contributed by atoms with van der Waals surface area (Å²) >= 11 is 0. The molecular formula is C14H27NO. The van der Waals surface area contributed by atoms with Gasteiger partial charge < -0.3 is 10.4 Å². The number of hydrogen-bond acceptors (Lipinski definition) is 2. The van der Waals surface area contributed by atoms with Crippen molar-refractivity contribution in [3.63, 3.8) is 0 Å². The van der Waals surface area contributed by atoms with Crippen molar-refractivity contribution in [3.8, 4) is 0 Å². The fraction of sp³-hybridized carbons (Fsp3) is 1.00. The van der Waals surface area contributed by atoms with Crippen molar-refractivity contribution in [3.05, 3.63) is 0 Å². The second-order valence-electron chi connectivity index (χ2n) is 5.75. The molecule has 94 valence electrons. The molecule has 0 bridgehead atoms. The van der Waals surface area contributed by atoms with E-state index in [4.69, 9.17) is 0 Å². The van der Waals surface area contributed by atoms with Crippen LogP contribution in [0.4, 0.5) is 0 Å². The van der Waals surface area contributed by atoms with Crippen LogP contribution in [-0.2, 0) is 0 Å². The first-order chi connectivity index (χ1) is 7.79. The van der Waals surface area contributed by atoms with Crippen LogP contribution in [0.3, 0.4) is 0 Å². The summed E-state index contributed by atoms with van der Waals surface area (Å²) in [6.45, 7) is 2.31. The number of aliphatic hydroxyl groups is 1. The van der Waals surface area contributed by atoms with Gasteiger partial charge >= 0.3 is 0 Å². The molecule has 2 aliphatic carbocycles. The van der Waals surface area contributed by atoms with E-state index >= 15 is 0 Å². The van der Waals surface area contributed by atoms with E-state index < -0.39 is 0 Å². The second-order valence-corrected chi connectivity index (χ2v) is 5.75. The van der Waals surface area contributed by atoms with Crippen molar-refractivity contribution in [2.75, 3.05) is 0 Å². The second kappa shape index (κ2) is 6.02. The zero-order valence-corrected chi connectivity index (χ0v) is 10.6. The Hall–Kier alpha value is -0.0800. The van der Waals surface area contributed by atoms with E-state index in [2.05, 4.69) is 12.2 Å². The van der Waals surface area contributed by atoms with Gasteiger partial charge in [0, 0.05) is 12.1 Å². The van der Waals surface area contributed by atoms with Gasteiger partial charge in [0.05, 0.1) is 6.10 Å². The van der Waals surface area contributed by atoms with Crippen LogP contribution >= 0.6 is 0 Å². The highest BCUT2D eigenvalue weighted by atomic mass is 16.3. The maximum Gasteiger partial charge on any atom is 0.0693 e. The minimum absolute atomic E-state index is 0.0855. The van der Waals surface area contributed by atoms with Gasteiger partial charge in [-0.25, -0.2) is 0 Å². The Morgan fingerprint density at radius 3 is 2.31 bits per heavy atom. The van der Waals surface area contributed by atoms with E-state index in [0.29, 0.717) is 12.1 Å². The molecule has 2 saturated carbocycles. The zero-order chi connectivity index (χ0) is 11.4. The molecule has 2 rings (SSSR count). The molecule has 2 N–H and O–H groups in total. The van der Waals surface area contributed by atoms with Crippen LogP contribution in [0.5, 0.6) is 0 Å². The third-order valence-electron chi connectivity index (χ3n) is 4.60. The van der Waals surface area contributed by atoms with Gasteiger partial charge in [-0.15, -0.1) is 0 Å². The summed E-state index contributed by atoms with van der Waals surface area (Å²) in [5.41, 5.74) is 0. The molecule has 2 atom stereocenters. The highest BCUT2D eigenvalue weighted by Gasteiger charge is 2.27. The Morgan fingerprint density at radius 2 is 1.69 bits per heavy atom. The first-order valence-electron chi connectivity index (χ1n) is 7.23. The van der Waals surface area contributed by atoms with Gasteiger partial charge in [-0.3, -0.25) is 0 Å². The lowest BCUT2D eigenvalue weighted by atomic mass is 9.83. The van der Waals surface area contributed by atoms with Gasteiger partial charge in [0.2, 0.25) is 0 Å². The highest BCUT2D eigenvalue weighted by molar-refractivity contribution is 4.85. The Balaban J connectivity index is 1.73. The predicted molar refractivity (Wildman–Crippen MR) is 67.4 cm³/mol. The lowest BCUT2D eigenvalue weighted by Gasteiger charge is -2.35. The quantitative estimate of drug-likeness (QED) is 0.774. The van der Waals surface area contributed by atoms with Crippen LogP contribution in [0.1, 0.15) is 64.7 Å². The summed E-state index contributed by atoms with van der Waals surface area (Å²) in [5, 5.41) is 13.6. The standard InChI is InChI=1S/C14H27NO/c1-2-11-7-9-12(10-8-11)15-13-5-3-4-6-14(13)16/h11-16H,2-10H2,1H3/t11?,12?,13-,14-/m0/s1. The maximum atomic E-state index is 9.94. The van der Waals surface area contributed by atoms with Crippen molar-refractivity contribution in [2.45, 2.75) is 82.9 Å². The third-order valence-corrected chi connectivity index (χ3v) is 4.60. The molecule has 2 fully saturated rings. The molecule has 0 aromatic carbocycles. The Labute approximate surface area is 99.8 Å². The summed E-state index contributed by atoms with van der Waals surface area (Å²) in [4.78, 5) is 0. The molecular weight excluding hydrogens is 198 g/mol. The number of nitrogens with one attached hydrogen (secondary N) is 1. The van der Waals surface area contributed by atoms with Crippen LogP contribution in [-0.4, -0.2) is 23.3 Å². The molecule has 0 heterocycles. The van der Waals surface area contributed by atoms with Crippen LogP contribution in [0.2, 0.25) is 0 Å². The molecule has 2 nitrogen and oxygen atoms in total. The minimum atomic E-state index is -0.0855. The molecule has 0 radical (unpaired) electrons. The molecule has 0 spiro atoms. The van der Waals surface area contributed by atoms with Crippen LogP contribution in [0.15, 0.2) is 0 Å². The monoisotopic (exact) mass is 225 g/mol. The molecule has 0 unspecified atom stereocenters. The van der Waals surface area contributed by atoms with E-state index in [1.807, 2.05) is 0 Å². The average molecular weight is 225 g/mol. The summed E-state index contributed by atoms with van der Waals surface area (Å²) < 4.78 is 0. The Bertz CT molecular complexity index is 199. The average Bonchev–Trinajstić information content (AvgIpc) is 2.33. The van der Waals surface area contributed by atoms with Gasteiger partial charge in [-0.2, -0.15) is 0 Å². The largest absolute Gasteiger partial charge is 0.392 e. The Kier molecular flexibility index (Phi) is 4.66. The summed E-state index contributed by atoms with van der Waals surface area (Å²) in [6.07, 6.45) is 11.4. The van der Waals surface area contributed by atoms with Crippen molar-refractivity contribution in [1.29, 1.82) is 0 Å². The number of hydrogen-bond donors (Lipinski definition) is 2. The van der Waals surface area contributed by atoms with E-state index in [0.717, 1.165) is 12.3 Å². The van der Waals surface area contributed by atoms with Crippen LogP contribution < -0.4 is 5.32 Å². The molecule has 16 heavy (non-hydrogen) atoms. The van der Waals surface area contributed by atoms with Gasteiger partial charge in [0.25, 0.3) is 0 Å².